The van der Waals surface area contributed by atoms with E-state index < -0.39 is 11.7 Å². The first-order chi connectivity index (χ1) is 17.3. The van der Waals surface area contributed by atoms with Gasteiger partial charge in [-0.25, -0.2) is 4.98 Å². The van der Waals surface area contributed by atoms with Gasteiger partial charge in [-0.1, -0.05) is 17.7 Å². The van der Waals surface area contributed by atoms with Gasteiger partial charge in [0.1, 0.15) is 5.75 Å². The lowest BCUT2D eigenvalue weighted by Gasteiger charge is -2.44. The maximum atomic E-state index is 13.0. The molecule has 1 N–H and O–H groups in total. The third-order valence-electron chi connectivity index (χ3n) is 7.27. The molecule has 36 heavy (non-hydrogen) atoms. The van der Waals surface area contributed by atoms with Crippen LogP contribution in [0.4, 0.5) is 18.9 Å². The molecule has 3 saturated carbocycles. The second-order valence-electron chi connectivity index (χ2n) is 9.47. The number of benzene rings is 1. The van der Waals surface area contributed by atoms with Crippen molar-refractivity contribution < 1.29 is 22.7 Å². The molecule has 0 spiro atoms. The van der Waals surface area contributed by atoms with Crippen LogP contribution in [0.5, 0.6) is 11.6 Å². The Morgan fingerprint density at radius 3 is 2.61 bits per heavy atom. The first kappa shape index (κ1) is 24.0. The number of allylic oxidation sites excluding steroid dienone is 2. The van der Waals surface area contributed by atoms with Gasteiger partial charge in [-0.15, -0.1) is 0 Å². The lowest BCUT2D eigenvalue weighted by Crippen LogP contribution is -2.40. The molecule has 6 rings (SSSR count). The second kappa shape index (κ2) is 9.76. The fourth-order valence-corrected chi connectivity index (χ4v) is 5.40. The molecule has 2 aromatic heterocycles. The lowest BCUT2D eigenvalue weighted by atomic mass is 9.61. The summed E-state index contributed by atoms with van der Waals surface area (Å²) in [5.74, 6) is 1.31. The zero-order valence-electron chi connectivity index (χ0n) is 19.8. The SMILES string of the molecule is CC(=C1CC2CCC1CC2C(=O)Nc1cccnc1)c1cccc(Oc2ccc(C(F)(F)F)cn2)c1. The van der Waals surface area contributed by atoms with Crippen molar-refractivity contribution >= 4 is 17.2 Å². The summed E-state index contributed by atoms with van der Waals surface area (Å²) in [6.45, 7) is 2.09. The number of ether oxygens (including phenoxy) is 1. The molecule has 3 aromatic rings. The van der Waals surface area contributed by atoms with Crippen molar-refractivity contribution in [1.29, 1.82) is 0 Å². The molecular weight excluding hydrogens is 467 g/mol. The molecule has 186 valence electrons. The third-order valence-corrected chi connectivity index (χ3v) is 7.27. The molecule has 2 heterocycles. The number of carbonyl (C=O) groups excluding carboxylic acids is 1. The number of halogens is 3. The van der Waals surface area contributed by atoms with Crippen LogP contribution in [0, 0.1) is 17.8 Å². The van der Waals surface area contributed by atoms with E-state index in [1.165, 1.54) is 17.2 Å². The summed E-state index contributed by atoms with van der Waals surface area (Å²) < 4.78 is 44.1. The zero-order chi connectivity index (χ0) is 25.3. The van der Waals surface area contributed by atoms with Crippen LogP contribution < -0.4 is 10.1 Å². The Morgan fingerprint density at radius 1 is 1.08 bits per heavy atom. The van der Waals surface area contributed by atoms with Crippen molar-refractivity contribution in [3.63, 3.8) is 0 Å². The summed E-state index contributed by atoms with van der Waals surface area (Å²) in [6.07, 6.45) is 3.48. The fourth-order valence-electron chi connectivity index (χ4n) is 5.40. The van der Waals surface area contributed by atoms with Crippen molar-refractivity contribution in [2.45, 2.75) is 38.8 Å². The van der Waals surface area contributed by atoms with Crippen LogP contribution in [0.1, 0.15) is 43.7 Å². The van der Waals surface area contributed by atoms with E-state index in [2.05, 4.69) is 22.2 Å². The number of nitrogens with zero attached hydrogens (tertiary/aromatic N) is 2. The van der Waals surface area contributed by atoms with Crippen molar-refractivity contribution in [1.82, 2.24) is 9.97 Å². The van der Waals surface area contributed by atoms with Gasteiger partial charge in [0.15, 0.2) is 0 Å². The van der Waals surface area contributed by atoms with Crippen molar-refractivity contribution in [3.8, 4) is 11.6 Å². The maximum Gasteiger partial charge on any atom is 0.417 e. The summed E-state index contributed by atoms with van der Waals surface area (Å²) in [6, 6.07) is 13.3. The van der Waals surface area contributed by atoms with Gasteiger partial charge in [-0.05, 0) is 85.9 Å². The van der Waals surface area contributed by atoms with Crippen molar-refractivity contribution in [2.24, 2.45) is 17.8 Å². The summed E-state index contributed by atoms with van der Waals surface area (Å²) in [7, 11) is 0. The van der Waals surface area contributed by atoms with E-state index >= 15 is 0 Å². The maximum absolute atomic E-state index is 13.0. The summed E-state index contributed by atoms with van der Waals surface area (Å²) in [5.41, 5.74) is 3.45. The van der Waals surface area contributed by atoms with Crippen LogP contribution in [-0.2, 0) is 11.0 Å². The van der Waals surface area contributed by atoms with Gasteiger partial charge < -0.3 is 10.1 Å². The number of rotatable bonds is 5. The van der Waals surface area contributed by atoms with Crippen LogP contribution in [0.25, 0.3) is 5.57 Å². The Morgan fingerprint density at radius 2 is 1.94 bits per heavy atom. The molecule has 3 unspecified atom stereocenters. The Balaban J connectivity index is 1.30. The van der Waals surface area contributed by atoms with E-state index in [1.807, 2.05) is 24.3 Å². The molecule has 0 radical (unpaired) electrons. The Bertz CT molecular complexity index is 1270. The third kappa shape index (κ3) is 5.12. The molecule has 1 aromatic carbocycles. The van der Waals surface area contributed by atoms with Gasteiger partial charge in [0.25, 0.3) is 0 Å². The minimum absolute atomic E-state index is 0.0130. The number of hydrogen-bond donors (Lipinski definition) is 1. The molecule has 0 saturated heterocycles. The molecule has 3 aliphatic rings. The number of amides is 1. The average molecular weight is 494 g/mol. The molecule has 1 amide bonds. The monoisotopic (exact) mass is 493 g/mol. The minimum Gasteiger partial charge on any atom is -0.439 e. The lowest BCUT2D eigenvalue weighted by molar-refractivity contribution is -0.137. The number of fused-ring (bicyclic) bond motifs is 3. The number of nitrogens with one attached hydrogen (secondary N) is 1. The summed E-state index contributed by atoms with van der Waals surface area (Å²) in [4.78, 5) is 20.8. The molecule has 3 atom stereocenters. The Hall–Kier alpha value is -3.68. The first-order valence-electron chi connectivity index (χ1n) is 12.0. The van der Waals surface area contributed by atoms with Crippen LogP contribution in [-0.4, -0.2) is 15.9 Å². The van der Waals surface area contributed by atoms with Crippen LogP contribution in [0.15, 0.2) is 72.7 Å². The number of carbonyl (C=O) groups is 1. The molecule has 3 fully saturated rings. The quantitative estimate of drug-likeness (QED) is 0.410. The molecular formula is C28H26F3N3O2. The molecule has 8 heteroatoms. The van der Waals surface area contributed by atoms with Gasteiger partial charge >= 0.3 is 6.18 Å². The van der Waals surface area contributed by atoms with Crippen LogP contribution in [0.3, 0.4) is 0 Å². The van der Waals surface area contributed by atoms with Gasteiger partial charge in [0.2, 0.25) is 11.8 Å². The van der Waals surface area contributed by atoms with Crippen LogP contribution in [0.2, 0.25) is 0 Å². The largest absolute Gasteiger partial charge is 0.439 e. The van der Waals surface area contributed by atoms with Gasteiger partial charge in [-0.3, -0.25) is 9.78 Å². The molecule has 0 aliphatic heterocycles. The van der Waals surface area contributed by atoms with E-state index in [9.17, 15) is 18.0 Å². The average Bonchev–Trinajstić information content (AvgIpc) is 2.89. The fraction of sp³-hybridized carbons (Fsp3) is 0.321. The minimum atomic E-state index is -4.44. The highest BCUT2D eigenvalue weighted by Crippen LogP contribution is 2.50. The van der Waals surface area contributed by atoms with Gasteiger partial charge in [-0.2, -0.15) is 13.2 Å². The smallest absolute Gasteiger partial charge is 0.417 e. The zero-order valence-corrected chi connectivity index (χ0v) is 19.8. The van der Waals surface area contributed by atoms with E-state index in [0.29, 0.717) is 17.6 Å². The van der Waals surface area contributed by atoms with E-state index in [4.69, 9.17) is 4.74 Å². The Kier molecular flexibility index (Phi) is 6.51. The highest BCUT2D eigenvalue weighted by Gasteiger charge is 2.42. The van der Waals surface area contributed by atoms with E-state index in [-0.39, 0.29) is 17.7 Å². The second-order valence-corrected chi connectivity index (χ2v) is 9.47. The summed E-state index contributed by atoms with van der Waals surface area (Å²) >= 11 is 0. The summed E-state index contributed by atoms with van der Waals surface area (Å²) in [5, 5.41) is 3.01. The van der Waals surface area contributed by atoms with Gasteiger partial charge in [0.05, 0.1) is 17.4 Å². The number of hydrogen-bond acceptors (Lipinski definition) is 4. The van der Waals surface area contributed by atoms with E-state index in [1.54, 1.807) is 24.5 Å². The molecule has 3 aliphatic carbocycles. The van der Waals surface area contributed by atoms with Crippen molar-refractivity contribution in [2.75, 3.05) is 5.32 Å². The number of aromatic nitrogens is 2. The molecule has 2 bridgehead atoms. The Labute approximate surface area is 207 Å². The standard InChI is InChI=1S/C28H26F3N3O2/c1-17(18-4-2-6-23(12-18)36-26-10-9-21(15-33-26)28(29,30)31)24-13-20-8-7-19(24)14-25(20)27(35)34-22-5-3-11-32-16-22/h2-6,9-12,15-16,19-20,25H,7-8,13-14H2,1H3,(H,34,35). The normalized spacial score (nSPS) is 22.7. The number of alkyl halides is 3. The van der Waals surface area contributed by atoms with Gasteiger partial charge in [0, 0.05) is 24.4 Å². The highest BCUT2D eigenvalue weighted by molar-refractivity contribution is 5.93. The topological polar surface area (TPSA) is 64.1 Å². The predicted molar refractivity (Wildman–Crippen MR) is 130 cm³/mol. The number of anilines is 1. The van der Waals surface area contributed by atoms with E-state index in [0.717, 1.165) is 49.2 Å². The molecule has 5 nitrogen and oxygen atoms in total. The highest BCUT2D eigenvalue weighted by atomic mass is 19.4. The van der Waals surface area contributed by atoms with Crippen LogP contribution >= 0.6 is 0 Å². The predicted octanol–water partition coefficient (Wildman–Crippen LogP) is 7.14. The number of pyridine rings is 2. The first-order valence-corrected chi connectivity index (χ1v) is 12.0. The van der Waals surface area contributed by atoms with Crippen molar-refractivity contribution in [3.05, 3.63) is 83.8 Å².